The fourth-order valence-corrected chi connectivity index (χ4v) is 3.44. The van der Waals surface area contributed by atoms with E-state index < -0.39 is 10.8 Å². The van der Waals surface area contributed by atoms with Crippen LogP contribution in [0.3, 0.4) is 0 Å². The van der Waals surface area contributed by atoms with E-state index in [0.717, 1.165) is 12.0 Å². The van der Waals surface area contributed by atoms with Gasteiger partial charge in [-0.15, -0.1) is 0 Å². The van der Waals surface area contributed by atoms with Crippen molar-refractivity contribution >= 4 is 22.4 Å². The molecule has 96 valence electrons. The maximum atomic E-state index is 12.2. The molecule has 3 atom stereocenters. The van der Waals surface area contributed by atoms with Gasteiger partial charge in [-0.25, -0.2) is 0 Å². The number of halogens is 1. The zero-order valence-electron chi connectivity index (χ0n) is 10.6. The van der Waals surface area contributed by atoms with Crippen molar-refractivity contribution in [2.45, 2.75) is 37.3 Å². The fourth-order valence-electron chi connectivity index (χ4n) is 1.83. The molecule has 0 bridgehead atoms. The molecule has 0 saturated carbocycles. The van der Waals surface area contributed by atoms with Gasteiger partial charge in [0.2, 0.25) is 0 Å². The molecule has 3 unspecified atom stereocenters. The average molecular weight is 274 g/mol. The summed E-state index contributed by atoms with van der Waals surface area (Å²) in [6.45, 7) is 4.15. The monoisotopic (exact) mass is 273 g/mol. The second-order valence-corrected chi connectivity index (χ2v) is 6.39. The Morgan fingerprint density at radius 3 is 2.41 bits per heavy atom. The first-order chi connectivity index (χ1) is 8.08. The van der Waals surface area contributed by atoms with Crippen LogP contribution in [0, 0.1) is 0 Å². The molecule has 2 nitrogen and oxygen atoms in total. The zero-order valence-corrected chi connectivity index (χ0v) is 12.1. The van der Waals surface area contributed by atoms with Gasteiger partial charge in [-0.05, 0) is 38.1 Å². The maximum Gasteiger partial charge on any atom is 0.0488 e. The molecule has 0 aromatic heterocycles. The normalized spacial score (nSPS) is 16.5. The standard InChI is InChI=1S/C13H20ClNOS/c1-4-13(15-3)10(2)17(16)9-11-5-7-12(14)8-6-11/h5-8,10,13,15H,4,9H2,1-3H3. The van der Waals surface area contributed by atoms with Crippen LogP contribution in [-0.4, -0.2) is 22.5 Å². The molecule has 1 aromatic carbocycles. The van der Waals surface area contributed by atoms with Crippen LogP contribution in [0.15, 0.2) is 24.3 Å². The van der Waals surface area contributed by atoms with Gasteiger partial charge in [0.25, 0.3) is 0 Å². The minimum Gasteiger partial charge on any atom is -0.316 e. The fraction of sp³-hybridized carbons (Fsp3) is 0.538. The third-order valence-electron chi connectivity index (χ3n) is 3.01. The second-order valence-electron chi connectivity index (χ2n) is 4.16. The molecule has 0 aliphatic heterocycles. The van der Waals surface area contributed by atoms with Gasteiger partial charge in [0.1, 0.15) is 0 Å². The summed E-state index contributed by atoms with van der Waals surface area (Å²) in [5.41, 5.74) is 1.07. The summed E-state index contributed by atoms with van der Waals surface area (Å²) in [7, 11) is 1.06. The summed E-state index contributed by atoms with van der Waals surface area (Å²) < 4.78 is 12.2. The predicted octanol–water partition coefficient (Wildman–Crippen LogP) is 2.98. The van der Waals surface area contributed by atoms with Crippen molar-refractivity contribution in [1.82, 2.24) is 5.32 Å². The van der Waals surface area contributed by atoms with Gasteiger partial charge in [0, 0.05) is 32.9 Å². The van der Waals surface area contributed by atoms with Crippen molar-refractivity contribution in [3.63, 3.8) is 0 Å². The first-order valence-corrected chi connectivity index (χ1v) is 7.63. The zero-order chi connectivity index (χ0) is 12.8. The minimum absolute atomic E-state index is 0.153. The van der Waals surface area contributed by atoms with Gasteiger partial charge in [-0.2, -0.15) is 0 Å². The number of nitrogens with one attached hydrogen (secondary N) is 1. The Morgan fingerprint density at radius 2 is 1.94 bits per heavy atom. The van der Waals surface area contributed by atoms with Crippen LogP contribution in [0.4, 0.5) is 0 Å². The molecule has 17 heavy (non-hydrogen) atoms. The molecule has 0 saturated heterocycles. The molecule has 0 spiro atoms. The maximum absolute atomic E-state index is 12.2. The van der Waals surface area contributed by atoms with Crippen LogP contribution < -0.4 is 5.32 Å². The van der Waals surface area contributed by atoms with Crippen molar-refractivity contribution in [3.05, 3.63) is 34.9 Å². The Hall–Kier alpha value is -0.380. The van der Waals surface area contributed by atoms with E-state index in [2.05, 4.69) is 12.2 Å². The lowest BCUT2D eigenvalue weighted by Gasteiger charge is -2.21. The first kappa shape index (κ1) is 14.7. The van der Waals surface area contributed by atoms with E-state index in [1.54, 1.807) is 0 Å². The summed E-state index contributed by atoms with van der Waals surface area (Å²) in [6.07, 6.45) is 0.990. The van der Waals surface area contributed by atoms with Crippen LogP contribution in [-0.2, 0) is 16.6 Å². The van der Waals surface area contributed by atoms with E-state index in [9.17, 15) is 4.21 Å². The summed E-state index contributed by atoms with van der Waals surface area (Å²) in [5.74, 6) is 0.594. The van der Waals surface area contributed by atoms with Crippen molar-refractivity contribution in [3.8, 4) is 0 Å². The quantitative estimate of drug-likeness (QED) is 0.863. The predicted molar refractivity (Wildman–Crippen MR) is 75.9 cm³/mol. The molecular formula is C13H20ClNOS. The van der Waals surface area contributed by atoms with Gasteiger partial charge in [-0.3, -0.25) is 4.21 Å². The van der Waals surface area contributed by atoms with Gasteiger partial charge in [-0.1, -0.05) is 30.7 Å². The summed E-state index contributed by atoms with van der Waals surface area (Å²) in [5, 5.41) is 4.08. The van der Waals surface area contributed by atoms with Gasteiger partial charge >= 0.3 is 0 Å². The third-order valence-corrected chi connectivity index (χ3v) is 5.04. The Morgan fingerprint density at radius 1 is 1.35 bits per heavy atom. The molecule has 0 radical (unpaired) electrons. The molecule has 1 N–H and O–H groups in total. The largest absolute Gasteiger partial charge is 0.316 e. The van der Waals surface area contributed by atoms with Crippen LogP contribution in [0.2, 0.25) is 5.02 Å². The summed E-state index contributed by atoms with van der Waals surface area (Å²) >= 11 is 5.82. The number of hydrogen-bond acceptors (Lipinski definition) is 2. The Bertz CT molecular complexity index is 362. The van der Waals surface area contributed by atoms with E-state index in [-0.39, 0.29) is 5.25 Å². The Balaban J connectivity index is 2.62. The summed E-state index contributed by atoms with van der Waals surface area (Å²) in [6, 6.07) is 7.87. The molecule has 1 aromatic rings. The second kappa shape index (κ2) is 7.14. The highest BCUT2D eigenvalue weighted by molar-refractivity contribution is 7.84. The van der Waals surface area contributed by atoms with Crippen molar-refractivity contribution in [2.24, 2.45) is 0 Å². The number of benzene rings is 1. The summed E-state index contributed by atoms with van der Waals surface area (Å²) in [4.78, 5) is 0. The van der Waals surface area contributed by atoms with Crippen LogP contribution in [0.5, 0.6) is 0 Å². The van der Waals surface area contributed by atoms with Crippen LogP contribution in [0.1, 0.15) is 25.8 Å². The molecule has 0 fully saturated rings. The molecule has 0 amide bonds. The Kier molecular flexibility index (Phi) is 6.17. The molecular weight excluding hydrogens is 254 g/mol. The molecule has 4 heteroatoms. The number of hydrogen-bond donors (Lipinski definition) is 1. The molecule has 0 aliphatic carbocycles. The average Bonchev–Trinajstić information content (AvgIpc) is 2.33. The van der Waals surface area contributed by atoms with E-state index in [1.807, 2.05) is 38.2 Å². The topological polar surface area (TPSA) is 29.1 Å². The molecule has 1 rings (SSSR count). The smallest absolute Gasteiger partial charge is 0.0488 e. The van der Waals surface area contributed by atoms with E-state index in [0.29, 0.717) is 16.8 Å². The van der Waals surface area contributed by atoms with E-state index >= 15 is 0 Å². The van der Waals surface area contributed by atoms with Crippen molar-refractivity contribution in [2.75, 3.05) is 7.05 Å². The minimum atomic E-state index is -0.858. The highest BCUT2D eigenvalue weighted by Gasteiger charge is 2.19. The van der Waals surface area contributed by atoms with Gasteiger partial charge in [0.15, 0.2) is 0 Å². The lowest BCUT2D eigenvalue weighted by atomic mass is 10.2. The molecule has 0 aliphatic rings. The highest BCUT2D eigenvalue weighted by Crippen LogP contribution is 2.14. The van der Waals surface area contributed by atoms with Gasteiger partial charge < -0.3 is 5.32 Å². The lowest BCUT2D eigenvalue weighted by molar-refractivity contribution is 0.529. The first-order valence-electron chi connectivity index (χ1n) is 5.87. The number of rotatable bonds is 6. The van der Waals surface area contributed by atoms with Crippen LogP contribution in [0.25, 0.3) is 0 Å². The van der Waals surface area contributed by atoms with E-state index in [4.69, 9.17) is 11.6 Å². The Labute approximate surface area is 111 Å². The lowest BCUT2D eigenvalue weighted by Crippen LogP contribution is -2.38. The van der Waals surface area contributed by atoms with Gasteiger partial charge in [0.05, 0.1) is 0 Å². The van der Waals surface area contributed by atoms with Crippen molar-refractivity contribution in [1.29, 1.82) is 0 Å². The SMILES string of the molecule is CCC(NC)C(C)S(=O)Cc1ccc(Cl)cc1. The van der Waals surface area contributed by atoms with E-state index in [1.165, 1.54) is 0 Å². The third kappa shape index (κ3) is 4.41. The highest BCUT2D eigenvalue weighted by atomic mass is 35.5. The molecule has 0 heterocycles. The van der Waals surface area contributed by atoms with Crippen molar-refractivity contribution < 1.29 is 4.21 Å². The van der Waals surface area contributed by atoms with Crippen LogP contribution >= 0.6 is 11.6 Å².